The first-order chi connectivity index (χ1) is 9.06. The monoisotopic (exact) mass is 293 g/mol. The molecule has 0 aliphatic heterocycles. The van der Waals surface area contributed by atoms with E-state index in [4.69, 9.17) is 14.6 Å². The number of carboxylic acid groups (broad SMARTS) is 1. The van der Waals surface area contributed by atoms with Gasteiger partial charge in [0.25, 0.3) is 0 Å². The number of ether oxygens (including phenoxy) is 2. The maximum atomic E-state index is 11.1. The first kappa shape index (κ1) is 18.2. The molecule has 0 rings (SSSR count). The second kappa shape index (κ2) is 12.3. The third-order valence-corrected chi connectivity index (χ3v) is 2.42. The predicted molar refractivity (Wildman–Crippen MR) is 74.6 cm³/mol. The van der Waals surface area contributed by atoms with E-state index in [2.05, 4.69) is 17.9 Å². The molecule has 0 fully saturated rings. The number of rotatable bonds is 12. The molecule has 7 heteroatoms. The summed E-state index contributed by atoms with van der Waals surface area (Å²) >= 11 is 3.96. The van der Waals surface area contributed by atoms with Crippen molar-refractivity contribution in [2.75, 3.05) is 32.1 Å². The average Bonchev–Trinajstić information content (AvgIpc) is 2.34. The van der Waals surface area contributed by atoms with Crippen molar-refractivity contribution in [1.82, 2.24) is 5.32 Å². The summed E-state index contributed by atoms with van der Waals surface area (Å²) in [4.78, 5) is 21.4. The Morgan fingerprint density at radius 2 is 2.05 bits per heavy atom. The third kappa shape index (κ3) is 13.4. The molecule has 19 heavy (non-hydrogen) atoms. The van der Waals surface area contributed by atoms with Gasteiger partial charge in [0.2, 0.25) is 5.91 Å². The van der Waals surface area contributed by atoms with E-state index in [1.54, 1.807) is 0 Å². The van der Waals surface area contributed by atoms with E-state index in [-0.39, 0.29) is 18.4 Å². The van der Waals surface area contributed by atoms with Crippen molar-refractivity contribution >= 4 is 24.5 Å². The van der Waals surface area contributed by atoms with Gasteiger partial charge in [-0.1, -0.05) is 0 Å². The molecule has 0 spiro atoms. The molecule has 0 heterocycles. The highest BCUT2D eigenvalue weighted by molar-refractivity contribution is 7.80. The average molecular weight is 293 g/mol. The first-order valence-electron chi connectivity index (χ1n) is 6.35. The van der Waals surface area contributed by atoms with E-state index in [0.717, 1.165) is 0 Å². The molecule has 0 aliphatic rings. The first-order valence-corrected chi connectivity index (χ1v) is 6.98. The van der Waals surface area contributed by atoms with Gasteiger partial charge in [-0.2, -0.15) is 12.6 Å². The molecule has 1 amide bonds. The van der Waals surface area contributed by atoms with Crippen LogP contribution >= 0.6 is 12.6 Å². The molecule has 1 unspecified atom stereocenters. The van der Waals surface area contributed by atoms with Gasteiger partial charge >= 0.3 is 5.97 Å². The van der Waals surface area contributed by atoms with Crippen molar-refractivity contribution < 1.29 is 24.2 Å². The van der Waals surface area contributed by atoms with Crippen LogP contribution in [0, 0.1) is 0 Å². The number of carbonyl (C=O) groups is 2. The molecule has 2 N–H and O–H groups in total. The molecule has 0 saturated heterocycles. The quantitative estimate of drug-likeness (QED) is 0.364. The van der Waals surface area contributed by atoms with Gasteiger partial charge in [-0.05, 0) is 19.1 Å². The molecule has 0 bridgehead atoms. The summed E-state index contributed by atoms with van der Waals surface area (Å²) in [5, 5.41) is 11.1. The van der Waals surface area contributed by atoms with Gasteiger partial charge in [-0.15, -0.1) is 0 Å². The van der Waals surface area contributed by atoms with Crippen molar-refractivity contribution in [3.63, 3.8) is 0 Å². The molecule has 0 radical (unpaired) electrons. The smallest absolute Gasteiger partial charge is 0.303 e. The van der Waals surface area contributed by atoms with Crippen LogP contribution in [0.15, 0.2) is 0 Å². The van der Waals surface area contributed by atoms with Crippen LogP contribution in [0.1, 0.15) is 26.2 Å². The number of hydrogen-bond donors (Lipinski definition) is 3. The van der Waals surface area contributed by atoms with Crippen LogP contribution in [-0.4, -0.2) is 55.2 Å². The number of thiol groups is 1. The number of carboxylic acids is 1. The molecule has 0 aromatic rings. The lowest BCUT2D eigenvalue weighted by Crippen LogP contribution is -2.29. The zero-order chi connectivity index (χ0) is 14.5. The highest BCUT2D eigenvalue weighted by atomic mass is 32.1. The minimum Gasteiger partial charge on any atom is -0.481 e. The van der Waals surface area contributed by atoms with E-state index in [1.165, 1.54) is 0 Å². The molecule has 112 valence electrons. The third-order valence-electron chi connectivity index (χ3n) is 2.20. The Balaban J connectivity index is 3.32. The highest BCUT2D eigenvalue weighted by Crippen LogP contribution is 1.95. The van der Waals surface area contributed by atoms with Gasteiger partial charge in [0.15, 0.2) is 0 Å². The van der Waals surface area contributed by atoms with Gasteiger partial charge < -0.3 is 19.9 Å². The van der Waals surface area contributed by atoms with Crippen LogP contribution in [0.3, 0.4) is 0 Å². The van der Waals surface area contributed by atoms with Crippen molar-refractivity contribution in [2.24, 2.45) is 0 Å². The van der Waals surface area contributed by atoms with E-state index in [0.29, 0.717) is 45.0 Å². The van der Waals surface area contributed by atoms with Gasteiger partial charge in [0.05, 0.1) is 19.3 Å². The predicted octanol–water partition coefficient (Wildman–Crippen LogP) is 0.709. The van der Waals surface area contributed by atoms with Gasteiger partial charge in [-0.3, -0.25) is 9.59 Å². The van der Waals surface area contributed by atoms with Crippen LogP contribution in [0.25, 0.3) is 0 Å². The van der Waals surface area contributed by atoms with Crippen LogP contribution in [0.2, 0.25) is 0 Å². The molecule has 6 nitrogen and oxygen atoms in total. The molecule has 0 aliphatic carbocycles. The van der Waals surface area contributed by atoms with Gasteiger partial charge in [0, 0.05) is 26.0 Å². The Bertz CT molecular complexity index is 263. The lowest BCUT2D eigenvalue weighted by molar-refractivity contribution is -0.137. The van der Waals surface area contributed by atoms with Crippen molar-refractivity contribution in [1.29, 1.82) is 0 Å². The van der Waals surface area contributed by atoms with Crippen molar-refractivity contribution in [2.45, 2.75) is 32.3 Å². The summed E-state index contributed by atoms with van der Waals surface area (Å²) in [7, 11) is 0. The Hall–Kier alpha value is -0.790. The normalized spacial score (nSPS) is 12.1. The minimum absolute atomic E-state index is 0.0313. The number of amides is 1. The Kier molecular flexibility index (Phi) is 11.7. The molecular formula is C12H23NO5S. The summed E-state index contributed by atoms with van der Waals surface area (Å²) in [6.45, 7) is 3.60. The number of aliphatic carboxylic acids is 1. The van der Waals surface area contributed by atoms with Crippen LogP contribution in [-0.2, 0) is 19.1 Å². The van der Waals surface area contributed by atoms with E-state index in [9.17, 15) is 9.59 Å². The highest BCUT2D eigenvalue weighted by Gasteiger charge is 2.04. The standard InChI is InChI=1S/C12H23NO5S/c1-10(9-17-6-2-3-12(15)16)18-7-5-13-11(14)4-8-19/h10,19H,2-9H2,1H3,(H,13,14)(H,15,16). The van der Waals surface area contributed by atoms with E-state index >= 15 is 0 Å². The maximum absolute atomic E-state index is 11.1. The summed E-state index contributed by atoms with van der Waals surface area (Å²) in [6, 6.07) is 0. The zero-order valence-corrected chi connectivity index (χ0v) is 12.2. The second-order valence-electron chi connectivity index (χ2n) is 4.08. The fourth-order valence-electron chi connectivity index (χ4n) is 1.26. The van der Waals surface area contributed by atoms with Crippen molar-refractivity contribution in [3.05, 3.63) is 0 Å². The van der Waals surface area contributed by atoms with E-state index < -0.39 is 5.97 Å². The van der Waals surface area contributed by atoms with Crippen LogP contribution < -0.4 is 5.32 Å². The minimum atomic E-state index is -0.815. The van der Waals surface area contributed by atoms with Crippen molar-refractivity contribution in [3.8, 4) is 0 Å². The molecule has 1 atom stereocenters. The number of carbonyl (C=O) groups excluding carboxylic acids is 1. The van der Waals surface area contributed by atoms with Gasteiger partial charge in [0.1, 0.15) is 0 Å². The van der Waals surface area contributed by atoms with Gasteiger partial charge in [-0.25, -0.2) is 0 Å². The summed E-state index contributed by atoms with van der Waals surface area (Å²) in [6.07, 6.45) is 0.950. The van der Waals surface area contributed by atoms with E-state index in [1.807, 2.05) is 6.92 Å². The fraction of sp³-hybridized carbons (Fsp3) is 0.833. The molecule has 0 saturated carbocycles. The molecule has 0 aromatic carbocycles. The SMILES string of the molecule is CC(COCCCC(=O)O)OCCNC(=O)CCS. The van der Waals surface area contributed by atoms with Crippen LogP contribution in [0.5, 0.6) is 0 Å². The fourth-order valence-corrected chi connectivity index (χ4v) is 1.47. The van der Waals surface area contributed by atoms with Crippen LogP contribution in [0.4, 0.5) is 0 Å². The number of hydrogen-bond acceptors (Lipinski definition) is 5. The summed E-state index contributed by atoms with van der Waals surface area (Å²) in [5.74, 6) is -0.311. The Labute approximate surface area is 119 Å². The molecular weight excluding hydrogens is 270 g/mol. The lowest BCUT2D eigenvalue weighted by Gasteiger charge is -2.13. The number of nitrogens with one attached hydrogen (secondary N) is 1. The molecule has 0 aromatic heterocycles. The maximum Gasteiger partial charge on any atom is 0.303 e. The largest absolute Gasteiger partial charge is 0.481 e. The summed E-state index contributed by atoms with van der Waals surface area (Å²) < 4.78 is 10.7. The Morgan fingerprint density at radius 3 is 2.68 bits per heavy atom. The lowest BCUT2D eigenvalue weighted by atomic mass is 10.3. The topological polar surface area (TPSA) is 84.9 Å². The summed E-state index contributed by atoms with van der Waals surface area (Å²) in [5.41, 5.74) is 0. The second-order valence-corrected chi connectivity index (χ2v) is 4.52. The zero-order valence-electron chi connectivity index (χ0n) is 11.3. The Morgan fingerprint density at radius 1 is 1.32 bits per heavy atom.